The number of benzene rings is 2. The van der Waals surface area contributed by atoms with Gasteiger partial charge >= 0.3 is 0 Å². The lowest BCUT2D eigenvalue weighted by atomic mass is 9.89. The lowest BCUT2D eigenvalue weighted by molar-refractivity contribution is 0.218. The molecule has 0 fully saturated rings. The first-order valence-corrected chi connectivity index (χ1v) is 7.96. The zero-order valence-corrected chi connectivity index (χ0v) is 13.6. The van der Waals surface area contributed by atoms with Gasteiger partial charge in [0, 0.05) is 12.6 Å². The summed E-state index contributed by atoms with van der Waals surface area (Å²) in [6.45, 7) is 0.985. The van der Waals surface area contributed by atoms with Crippen molar-refractivity contribution in [2.24, 2.45) is 0 Å². The van der Waals surface area contributed by atoms with Crippen molar-refractivity contribution in [2.45, 2.75) is 25.3 Å². The Bertz CT molecular complexity index is 682. The highest BCUT2D eigenvalue weighted by Crippen LogP contribution is 2.38. The molecule has 122 valence electrons. The summed E-state index contributed by atoms with van der Waals surface area (Å²) in [5.74, 6) is 1.05. The molecule has 0 amide bonds. The molecule has 0 radical (unpaired) electrons. The Kier molecular flexibility index (Phi) is 4.44. The largest absolute Gasteiger partial charge is 0.508 e. The smallest absolute Gasteiger partial charge is 0.160 e. The molecule has 0 unspecified atom stereocenters. The second-order valence-electron chi connectivity index (χ2n) is 6.17. The van der Waals surface area contributed by atoms with Gasteiger partial charge in [-0.1, -0.05) is 12.1 Å². The van der Waals surface area contributed by atoms with Crippen LogP contribution in [-0.2, 0) is 12.8 Å². The van der Waals surface area contributed by atoms with E-state index in [1.807, 2.05) is 24.3 Å². The number of aryl methyl sites for hydroxylation is 1. The molecule has 0 bridgehead atoms. The summed E-state index contributed by atoms with van der Waals surface area (Å²) in [4.78, 5) is 2.36. The standard InChI is InChI=1S/C19H23NO3/c1-20-10-9-14-11-18(22)19(23-2)12-16(14)17(20)8-5-13-3-6-15(21)7-4-13/h3-4,6-7,11-12,17,21-22H,5,8-10H2,1-2H3/t17-/m0/s1. The normalized spacial score (nSPS) is 17.7. The highest BCUT2D eigenvalue weighted by atomic mass is 16.5. The molecular formula is C19H23NO3. The highest BCUT2D eigenvalue weighted by molar-refractivity contribution is 5.48. The minimum absolute atomic E-state index is 0.216. The summed E-state index contributed by atoms with van der Waals surface area (Å²) in [6.07, 6.45) is 2.87. The first-order valence-electron chi connectivity index (χ1n) is 7.96. The van der Waals surface area contributed by atoms with Crippen molar-refractivity contribution in [3.8, 4) is 17.2 Å². The third kappa shape index (κ3) is 3.27. The summed E-state index contributed by atoms with van der Waals surface area (Å²) in [5.41, 5.74) is 3.67. The van der Waals surface area contributed by atoms with E-state index in [-0.39, 0.29) is 5.75 Å². The van der Waals surface area contributed by atoms with Gasteiger partial charge in [0.1, 0.15) is 5.75 Å². The minimum Gasteiger partial charge on any atom is -0.508 e. The van der Waals surface area contributed by atoms with Gasteiger partial charge in [0.2, 0.25) is 0 Å². The number of methoxy groups -OCH3 is 1. The average Bonchev–Trinajstić information content (AvgIpc) is 2.55. The first-order chi connectivity index (χ1) is 11.1. The second-order valence-corrected chi connectivity index (χ2v) is 6.17. The predicted octanol–water partition coefficient (Wildman–Crippen LogP) is 3.27. The van der Waals surface area contributed by atoms with Crippen LogP contribution in [0.5, 0.6) is 17.2 Å². The Morgan fingerprint density at radius 2 is 1.91 bits per heavy atom. The van der Waals surface area contributed by atoms with Gasteiger partial charge in [-0.05, 0) is 67.3 Å². The molecule has 2 N–H and O–H groups in total. The fraction of sp³-hybridized carbons (Fsp3) is 0.368. The topological polar surface area (TPSA) is 52.9 Å². The molecule has 4 nitrogen and oxygen atoms in total. The molecule has 3 rings (SSSR count). The second kappa shape index (κ2) is 6.50. The van der Waals surface area contributed by atoms with Crippen LogP contribution in [0.4, 0.5) is 0 Å². The van der Waals surface area contributed by atoms with Gasteiger partial charge in [0.05, 0.1) is 7.11 Å². The lowest BCUT2D eigenvalue weighted by Gasteiger charge is -2.35. The monoisotopic (exact) mass is 313 g/mol. The van der Waals surface area contributed by atoms with Gasteiger partial charge in [-0.25, -0.2) is 0 Å². The van der Waals surface area contributed by atoms with E-state index in [1.165, 1.54) is 16.7 Å². The van der Waals surface area contributed by atoms with Crippen LogP contribution >= 0.6 is 0 Å². The molecule has 1 aliphatic heterocycles. The van der Waals surface area contributed by atoms with Crippen LogP contribution in [0, 0.1) is 0 Å². The minimum atomic E-state index is 0.216. The van der Waals surface area contributed by atoms with Crippen molar-refractivity contribution in [3.05, 3.63) is 53.1 Å². The molecule has 4 heteroatoms. The number of phenols is 2. The van der Waals surface area contributed by atoms with Crippen LogP contribution < -0.4 is 4.74 Å². The van der Waals surface area contributed by atoms with E-state index in [1.54, 1.807) is 19.2 Å². The van der Waals surface area contributed by atoms with E-state index in [0.29, 0.717) is 17.5 Å². The summed E-state index contributed by atoms with van der Waals surface area (Å²) < 4.78 is 5.27. The number of ether oxygens (including phenoxy) is 1. The van der Waals surface area contributed by atoms with Crippen molar-refractivity contribution < 1.29 is 14.9 Å². The zero-order chi connectivity index (χ0) is 16.4. The number of rotatable bonds is 4. The number of hydrogen-bond donors (Lipinski definition) is 2. The van der Waals surface area contributed by atoms with Crippen molar-refractivity contribution in [1.82, 2.24) is 4.90 Å². The van der Waals surface area contributed by atoms with Gasteiger partial charge in [0.25, 0.3) is 0 Å². The van der Waals surface area contributed by atoms with Crippen molar-refractivity contribution in [3.63, 3.8) is 0 Å². The maximum Gasteiger partial charge on any atom is 0.160 e. The Hall–Kier alpha value is -2.20. The van der Waals surface area contributed by atoms with Gasteiger partial charge in [-0.2, -0.15) is 0 Å². The maximum atomic E-state index is 9.99. The van der Waals surface area contributed by atoms with E-state index >= 15 is 0 Å². The van der Waals surface area contributed by atoms with Crippen LogP contribution in [0.15, 0.2) is 36.4 Å². The number of hydrogen-bond acceptors (Lipinski definition) is 4. The molecule has 23 heavy (non-hydrogen) atoms. The van der Waals surface area contributed by atoms with Crippen LogP contribution in [-0.4, -0.2) is 35.8 Å². The van der Waals surface area contributed by atoms with Gasteiger partial charge < -0.3 is 14.9 Å². The average molecular weight is 313 g/mol. The van der Waals surface area contributed by atoms with E-state index < -0.39 is 0 Å². The number of fused-ring (bicyclic) bond motifs is 1. The SMILES string of the molecule is COc1cc2c(cc1O)CCN(C)[C@H]2CCc1ccc(O)cc1. The number of nitrogens with zero attached hydrogens (tertiary/aromatic N) is 1. The fourth-order valence-corrected chi connectivity index (χ4v) is 3.35. The van der Waals surface area contributed by atoms with E-state index in [9.17, 15) is 10.2 Å². The molecule has 2 aromatic carbocycles. The van der Waals surface area contributed by atoms with Crippen LogP contribution in [0.1, 0.15) is 29.2 Å². The highest BCUT2D eigenvalue weighted by Gasteiger charge is 2.26. The Balaban J connectivity index is 1.83. The summed E-state index contributed by atoms with van der Waals surface area (Å²) >= 11 is 0. The number of phenolic OH excluding ortho intramolecular Hbond substituents is 2. The van der Waals surface area contributed by atoms with Crippen LogP contribution in [0.2, 0.25) is 0 Å². The van der Waals surface area contributed by atoms with Crippen molar-refractivity contribution >= 4 is 0 Å². The number of aromatic hydroxyl groups is 2. The Morgan fingerprint density at radius 1 is 1.17 bits per heavy atom. The van der Waals surface area contributed by atoms with Gasteiger partial charge in [-0.3, -0.25) is 4.90 Å². The zero-order valence-electron chi connectivity index (χ0n) is 13.6. The van der Waals surface area contributed by atoms with Crippen LogP contribution in [0.25, 0.3) is 0 Å². The quantitative estimate of drug-likeness (QED) is 0.909. The van der Waals surface area contributed by atoms with E-state index in [4.69, 9.17) is 4.74 Å². The van der Waals surface area contributed by atoms with E-state index in [0.717, 1.165) is 25.8 Å². The molecule has 0 spiro atoms. The van der Waals surface area contributed by atoms with Crippen LogP contribution in [0.3, 0.4) is 0 Å². The fourth-order valence-electron chi connectivity index (χ4n) is 3.35. The predicted molar refractivity (Wildman–Crippen MR) is 90.2 cm³/mol. The molecule has 0 aliphatic carbocycles. The molecule has 1 heterocycles. The third-order valence-electron chi connectivity index (χ3n) is 4.71. The molecular weight excluding hydrogens is 290 g/mol. The van der Waals surface area contributed by atoms with Crippen molar-refractivity contribution in [1.29, 1.82) is 0 Å². The molecule has 2 aromatic rings. The number of likely N-dealkylation sites (N-methyl/N-ethyl adjacent to an activating group) is 1. The van der Waals surface area contributed by atoms with E-state index in [2.05, 4.69) is 11.9 Å². The summed E-state index contributed by atoms with van der Waals surface area (Å²) in [7, 11) is 3.73. The van der Waals surface area contributed by atoms with Crippen molar-refractivity contribution in [2.75, 3.05) is 20.7 Å². The maximum absolute atomic E-state index is 9.99. The molecule has 0 saturated carbocycles. The lowest BCUT2D eigenvalue weighted by Crippen LogP contribution is -2.32. The van der Waals surface area contributed by atoms with Gasteiger partial charge in [0.15, 0.2) is 11.5 Å². The molecule has 1 aliphatic rings. The Morgan fingerprint density at radius 3 is 2.61 bits per heavy atom. The molecule has 1 atom stereocenters. The first kappa shape index (κ1) is 15.7. The third-order valence-corrected chi connectivity index (χ3v) is 4.71. The molecule has 0 saturated heterocycles. The van der Waals surface area contributed by atoms with Gasteiger partial charge in [-0.15, -0.1) is 0 Å². The summed E-state index contributed by atoms with van der Waals surface area (Å²) in [5, 5.41) is 19.4. The molecule has 0 aromatic heterocycles. The summed E-state index contributed by atoms with van der Waals surface area (Å²) in [6, 6.07) is 11.5. The Labute approximate surface area is 136 Å².